The van der Waals surface area contributed by atoms with Crippen molar-refractivity contribution < 1.29 is 4.79 Å². The van der Waals surface area contributed by atoms with Gasteiger partial charge in [-0.2, -0.15) is 0 Å². The summed E-state index contributed by atoms with van der Waals surface area (Å²) in [5.74, 6) is -0.199. The first-order valence-corrected chi connectivity index (χ1v) is 6.10. The van der Waals surface area contributed by atoms with Gasteiger partial charge in [-0.1, -0.05) is 18.2 Å². The summed E-state index contributed by atoms with van der Waals surface area (Å²) in [4.78, 5) is 16.0. The van der Waals surface area contributed by atoms with E-state index in [-0.39, 0.29) is 5.91 Å². The minimum absolute atomic E-state index is 0.199. The Morgan fingerprint density at radius 2 is 2.24 bits per heavy atom. The van der Waals surface area contributed by atoms with Gasteiger partial charge in [-0.15, -0.1) is 11.3 Å². The summed E-state index contributed by atoms with van der Waals surface area (Å²) in [7, 11) is 0. The average Bonchev–Trinajstić information content (AvgIpc) is 2.81. The van der Waals surface area contributed by atoms with Gasteiger partial charge in [-0.3, -0.25) is 4.79 Å². The smallest absolute Gasteiger partial charge is 0.275 e. The van der Waals surface area contributed by atoms with E-state index < -0.39 is 0 Å². The van der Waals surface area contributed by atoms with Crippen molar-refractivity contribution >= 4 is 22.9 Å². The lowest BCUT2D eigenvalue weighted by Crippen LogP contribution is -2.13. The first kappa shape index (κ1) is 11.8. The topological polar surface area (TPSA) is 68.0 Å². The fourth-order valence-electron chi connectivity index (χ4n) is 1.41. The second-order valence-corrected chi connectivity index (χ2v) is 4.54. The second-order valence-electron chi connectivity index (χ2n) is 3.60. The van der Waals surface area contributed by atoms with Gasteiger partial charge in [0.25, 0.3) is 5.91 Å². The van der Waals surface area contributed by atoms with Crippen LogP contribution in [-0.4, -0.2) is 10.9 Å². The van der Waals surface area contributed by atoms with Crippen LogP contribution in [0.4, 0.5) is 5.69 Å². The standard InChI is InChI=1S/C12H13N3OS/c1-8-4-2-3-5-9(8)15-12(16)10-7-17-11(6-13)14-10/h2-5,7H,6,13H2,1H3,(H,15,16). The third-order valence-corrected chi connectivity index (χ3v) is 3.22. The van der Waals surface area contributed by atoms with Crippen LogP contribution in [0.1, 0.15) is 21.1 Å². The van der Waals surface area contributed by atoms with Gasteiger partial charge in [-0.05, 0) is 18.6 Å². The number of rotatable bonds is 3. The van der Waals surface area contributed by atoms with Crippen LogP contribution in [0.5, 0.6) is 0 Å². The summed E-state index contributed by atoms with van der Waals surface area (Å²) >= 11 is 1.40. The lowest BCUT2D eigenvalue weighted by atomic mass is 10.2. The Bertz CT molecular complexity index is 536. The highest BCUT2D eigenvalue weighted by Crippen LogP contribution is 2.15. The molecule has 0 aliphatic carbocycles. The second kappa shape index (κ2) is 5.07. The van der Waals surface area contributed by atoms with Gasteiger partial charge in [0, 0.05) is 17.6 Å². The van der Waals surface area contributed by atoms with Crippen LogP contribution in [0, 0.1) is 6.92 Å². The van der Waals surface area contributed by atoms with Crippen molar-refractivity contribution in [3.05, 3.63) is 45.9 Å². The molecule has 0 radical (unpaired) electrons. The molecule has 0 saturated carbocycles. The number of amides is 1. The maximum Gasteiger partial charge on any atom is 0.275 e. The molecule has 17 heavy (non-hydrogen) atoms. The molecule has 88 valence electrons. The summed E-state index contributed by atoms with van der Waals surface area (Å²) in [5, 5.41) is 5.31. The Morgan fingerprint density at radius 1 is 1.47 bits per heavy atom. The van der Waals surface area contributed by atoms with Crippen LogP contribution in [0.25, 0.3) is 0 Å². The number of carbonyl (C=O) groups is 1. The van der Waals surface area contributed by atoms with E-state index in [0.717, 1.165) is 16.3 Å². The predicted octanol–water partition coefficient (Wildman–Crippen LogP) is 2.16. The van der Waals surface area contributed by atoms with Crippen molar-refractivity contribution in [3.63, 3.8) is 0 Å². The third kappa shape index (κ3) is 2.69. The Kier molecular flexibility index (Phi) is 3.51. The molecule has 0 spiro atoms. The Morgan fingerprint density at radius 3 is 2.88 bits per heavy atom. The maximum absolute atomic E-state index is 11.9. The molecule has 4 nitrogen and oxygen atoms in total. The Hall–Kier alpha value is -1.72. The van der Waals surface area contributed by atoms with E-state index in [9.17, 15) is 4.79 Å². The minimum atomic E-state index is -0.199. The lowest BCUT2D eigenvalue weighted by molar-refractivity contribution is 0.102. The average molecular weight is 247 g/mol. The summed E-state index contributed by atoms with van der Waals surface area (Å²) in [6.07, 6.45) is 0. The molecular weight excluding hydrogens is 234 g/mol. The van der Waals surface area contributed by atoms with E-state index in [4.69, 9.17) is 5.73 Å². The summed E-state index contributed by atoms with van der Waals surface area (Å²) in [6.45, 7) is 2.31. The van der Waals surface area contributed by atoms with Crippen molar-refractivity contribution in [2.24, 2.45) is 5.73 Å². The van der Waals surface area contributed by atoms with Crippen molar-refractivity contribution in [2.75, 3.05) is 5.32 Å². The predicted molar refractivity (Wildman–Crippen MR) is 69.1 cm³/mol. The molecule has 2 rings (SSSR count). The molecule has 0 unspecified atom stereocenters. The molecule has 3 N–H and O–H groups in total. The summed E-state index contributed by atoms with van der Waals surface area (Å²) in [6, 6.07) is 7.63. The van der Waals surface area contributed by atoms with Gasteiger partial charge >= 0.3 is 0 Å². The van der Waals surface area contributed by atoms with Crippen LogP contribution in [0.15, 0.2) is 29.6 Å². The van der Waals surface area contributed by atoms with E-state index in [1.54, 1.807) is 5.38 Å². The number of nitrogens with two attached hydrogens (primary N) is 1. The monoisotopic (exact) mass is 247 g/mol. The molecule has 1 aromatic carbocycles. The lowest BCUT2D eigenvalue weighted by Gasteiger charge is -2.05. The largest absolute Gasteiger partial charge is 0.325 e. The molecule has 0 fully saturated rings. The van der Waals surface area contributed by atoms with Crippen LogP contribution in [0.3, 0.4) is 0 Å². The highest BCUT2D eigenvalue weighted by molar-refractivity contribution is 7.09. The quantitative estimate of drug-likeness (QED) is 0.873. The number of aryl methyl sites for hydroxylation is 1. The van der Waals surface area contributed by atoms with Gasteiger partial charge in [-0.25, -0.2) is 4.98 Å². The molecule has 2 aromatic rings. The maximum atomic E-state index is 11.9. The molecule has 0 saturated heterocycles. The minimum Gasteiger partial charge on any atom is -0.325 e. The number of aromatic nitrogens is 1. The molecular formula is C12H13N3OS. The van der Waals surface area contributed by atoms with Gasteiger partial charge in [0.2, 0.25) is 0 Å². The number of anilines is 1. The molecule has 1 amide bonds. The molecule has 0 atom stereocenters. The van der Waals surface area contributed by atoms with E-state index >= 15 is 0 Å². The number of nitrogens with zero attached hydrogens (tertiary/aromatic N) is 1. The first-order chi connectivity index (χ1) is 8.20. The molecule has 0 aliphatic heterocycles. The summed E-state index contributed by atoms with van der Waals surface area (Å²) < 4.78 is 0. The summed E-state index contributed by atoms with van der Waals surface area (Å²) in [5.41, 5.74) is 7.70. The van der Waals surface area contributed by atoms with Crippen molar-refractivity contribution in [2.45, 2.75) is 13.5 Å². The van der Waals surface area contributed by atoms with Gasteiger partial charge < -0.3 is 11.1 Å². The molecule has 5 heteroatoms. The zero-order valence-corrected chi connectivity index (χ0v) is 10.3. The van der Waals surface area contributed by atoms with Crippen LogP contribution >= 0.6 is 11.3 Å². The van der Waals surface area contributed by atoms with Crippen molar-refractivity contribution in [3.8, 4) is 0 Å². The number of nitrogens with one attached hydrogen (secondary N) is 1. The number of thiazole rings is 1. The number of para-hydroxylation sites is 1. The number of hydrogen-bond donors (Lipinski definition) is 2. The molecule has 1 heterocycles. The van der Waals surface area contributed by atoms with E-state index in [2.05, 4.69) is 10.3 Å². The number of benzene rings is 1. The fourth-order valence-corrected chi connectivity index (χ4v) is 2.06. The normalized spacial score (nSPS) is 10.2. The van der Waals surface area contributed by atoms with E-state index in [1.165, 1.54) is 11.3 Å². The zero-order valence-electron chi connectivity index (χ0n) is 9.43. The zero-order chi connectivity index (χ0) is 12.3. The van der Waals surface area contributed by atoms with E-state index in [1.807, 2.05) is 31.2 Å². The Balaban J connectivity index is 2.14. The van der Waals surface area contributed by atoms with Crippen molar-refractivity contribution in [1.82, 2.24) is 4.98 Å². The molecule has 1 aromatic heterocycles. The van der Waals surface area contributed by atoms with Crippen LogP contribution in [0.2, 0.25) is 0 Å². The highest BCUT2D eigenvalue weighted by atomic mass is 32.1. The Labute approximate surface area is 103 Å². The van der Waals surface area contributed by atoms with Gasteiger partial charge in [0.1, 0.15) is 10.7 Å². The third-order valence-electron chi connectivity index (χ3n) is 2.35. The fraction of sp³-hybridized carbons (Fsp3) is 0.167. The molecule has 0 bridgehead atoms. The SMILES string of the molecule is Cc1ccccc1NC(=O)c1csc(CN)n1. The number of carbonyl (C=O) groups excluding carboxylic acids is 1. The van der Waals surface area contributed by atoms with Crippen LogP contribution in [-0.2, 0) is 6.54 Å². The van der Waals surface area contributed by atoms with Gasteiger partial charge in [0.05, 0.1) is 0 Å². The van der Waals surface area contributed by atoms with Crippen LogP contribution < -0.4 is 11.1 Å². The van der Waals surface area contributed by atoms with Crippen molar-refractivity contribution in [1.29, 1.82) is 0 Å². The van der Waals surface area contributed by atoms with E-state index in [0.29, 0.717) is 12.2 Å². The van der Waals surface area contributed by atoms with Gasteiger partial charge in [0.15, 0.2) is 0 Å². The number of hydrogen-bond acceptors (Lipinski definition) is 4. The highest BCUT2D eigenvalue weighted by Gasteiger charge is 2.11. The molecule has 0 aliphatic rings. The first-order valence-electron chi connectivity index (χ1n) is 5.22.